The smallest absolute Gasteiger partial charge is 0.313 e. The fraction of sp³-hybridized carbons (Fsp3) is 0.250. The number of aliphatic imine (C=N–C) groups is 1. The van der Waals surface area contributed by atoms with Gasteiger partial charge in [-0.2, -0.15) is 0 Å². The number of nitrogens with zero attached hydrogens (tertiary/aromatic N) is 3. The molecule has 1 aromatic heterocycles. The number of allylic oxidation sites excluding steroid dienone is 2. The average molecular weight is 332 g/mol. The standard InChI is InChI=1S/C16H14ClN3O3/c1-8-12(15-20-18-7-23-15)14(10-4-3-5-11(17)6-10)13(16(21)22)9(2)19-8/h3-7,13-14H,1-2H3,(H,21,22). The molecule has 0 saturated heterocycles. The van der Waals surface area contributed by atoms with Crippen LogP contribution < -0.4 is 0 Å². The Labute approximate surface area is 137 Å². The van der Waals surface area contributed by atoms with Crippen molar-refractivity contribution in [3.05, 3.63) is 52.8 Å². The van der Waals surface area contributed by atoms with Crippen molar-refractivity contribution in [3.8, 4) is 0 Å². The quantitative estimate of drug-likeness (QED) is 0.931. The van der Waals surface area contributed by atoms with E-state index in [4.69, 9.17) is 16.0 Å². The minimum absolute atomic E-state index is 0.273. The highest BCUT2D eigenvalue weighted by molar-refractivity contribution is 6.30. The Kier molecular flexibility index (Phi) is 4.00. The van der Waals surface area contributed by atoms with Crippen molar-refractivity contribution in [1.82, 2.24) is 10.2 Å². The summed E-state index contributed by atoms with van der Waals surface area (Å²) >= 11 is 6.09. The van der Waals surface area contributed by atoms with Gasteiger partial charge in [-0.1, -0.05) is 23.7 Å². The number of benzene rings is 1. The molecular formula is C16H14ClN3O3. The number of halogens is 1. The second-order valence-corrected chi connectivity index (χ2v) is 5.78. The van der Waals surface area contributed by atoms with Gasteiger partial charge in [0.25, 0.3) is 0 Å². The second-order valence-electron chi connectivity index (χ2n) is 5.34. The van der Waals surface area contributed by atoms with E-state index in [1.54, 1.807) is 32.0 Å². The van der Waals surface area contributed by atoms with Crippen LogP contribution in [0.25, 0.3) is 5.57 Å². The minimum atomic E-state index is -0.958. The van der Waals surface area contributed by atoms with E-state index in [1.807, 2.05) is 6.07 Å². The topological polar surface area (TPSA) is 88.6 Å². The van der Waals surface area contributed by atoms with Gasteiger partial charge in [-0.05, 0) is 31.5 Å². The molecule has 0 aliphatic carbocycles. The van der Waals surface area contributed by atoms with Crippen molar-refractivity contribution in [2.45, 2.75) is 19.8 Å². The van der Waals surface area contributed by atoms with Crippen LogP contribution in [0.15, 0.2) is 45.8 Å². The second kappa shape index (κ2) is 5.96. The van der Waals surface area contributed by atoms with Crippen molar-refractivity contribution in [2.75, 3.05) is 0 Å². The van der Waals surface area contributed by atoms with Crippen LogP contribution in [0.1, 0.15) is 31.2 Å². The third-order valence-corrected chi connectivity index (χ3v) is 4.13. The fourth-order valence-corrected chi connectivity index (χ4v) is 3.18. The Morgan fingerprint density at radius 2 is 2.13 bits per heavy atom. The molecule has 1 N–H and O–H groups in total. The molecule has 23 heavy (non-hydrogen) atoms. The van der Waals surface area contributed by atoms with Crippen LogP contribution in [-0.4, -0.2) is 27.0 Å². The van der Waals surface area contributed by atoms with Gasteiger partial charge in [0.1, 0.15) is 5.92 Å². The number of hydrogen-bond donors (Lipinski definition) is 1. The van der Waals surface area contributed by atoms with Gasteiger partial charge in [-0.25, -0.2) is 0 Å². The summed E-state index contributed by atoms with van der Waals surface area (Å²) in [5.74, 6) is -2.00. The Bertz CT molecular complexity index is 812. The van der Waals surface area contributed by atoms with Crippen LogP contribution in [0.4, 0.5) is 0 Å². The first kappa shape index (κ1) is 15.4. The molecule has 2 heterocycles. The maximum Gasteiger partial charge on any atom is 0.313 e. The number of rotatable bonds is 3. The van der Waals surface area contributed by atoms with Gasteiger partial charge >= 0.3 is 5.97 Å². The van der Waals surface area contributed by atoms with Gasteiger partial charge in [-0.15, -0.1) is 10.2 Å². The monoisotopic (exact) mass is 331 g/mol. The summed E-state index contributed by atoms with van der Waals surface area (Å²) in [5, 5.41) is 17.9. The molecule has 0 radical (unpaired) electrons. The summed E-state index contributed by atoms with van der Waals surface area (Å²) in [4.78, 5) is 16.2. The lowest BCUT2D eigenvalue weighted by Crippen LogP contribution is -2.32. The largest absolute Gasteiger partial charge is 0.481 e. The van der Waals surface area contributed by atoms with Crippen molar-refractivity contribution in [2.24, 2.45) is 10.9 Å². The summed E-state index contributed by atoms with van der Waals surface area (Å²) in [5.41, 5.74) is 2.58. The molecule has 1 aromatic carbocycles. The lowest BCUT2D eigenvalue weighted by molar-refractivity contribution is -0.139. The number of carboxylic acids is 1. The number of carboxylic acid groups (broad SMARTS) is 1. The van der Waals surface area contributed by atoms with Crippen molar-refractivity contribution < 1.29 is 14.3 Å². The van der Waals surface area contributed by atoms with E-state index in [0.717, 1.165) is 5.56 Å². The highest BCUT2D eigenvalue weighted by Crippen LogP contribution is 2.43. The first-order valence-electron chi connectivity index (χ1n) is 6.99. The zero-order valence-corrected chi connectivity index (χ0v) is 13.3. The average Bonchev–Trinajstić information content (AvgIpc) is 2.99. The summed E-state index contributed by atoms with van der Waals surface area (Å²) in [7, 11) is 0. The first-order valence-corrected chi connectivity index (χ1v) is 7.37. The lowest BCUT2D eigenvalue weighted by Gasteiger charge is -2.30. The third kappa shape index (κ3) is 2.77. The van der Waals surface area contributed by atoms with Crippen LogP contribution in [0.3, 0.4) is 0 Å². The summed E-state index contributed by atoms with van der Waals surface area (Å²) < 4.78 is 5.31. The zero-order chi connectivity index (χ0) is 16.6. The van der Waals surface area contributed by atoms with Crippen molar-refractivity contribution in [1.29, 1.82) is 0 Å². The van der Waals surface area contributed by atoms with Crippen LogP contribution >= 0.6 is 11.6 Å². The van der Waals surface area contributed by atoms with Gasteiger partial charge in [-0.3, -0.25) is 9.79 Å². The number of hydrogen-bond acceptors (Lipinski definition) is 5. The van der Waals surface area contributed by atoms with Crippen LogP contribution in [0.5, 0.6) is 0 Å². The molecule has 2 atom stereocenters. The van der Waals surface area contributed by atoms with Crippen molar-refractivity contribution in [3.63, 3.8) is 0 Å². The molecule has 118 valence electrons. The number of carbonyl (C=O) groups is 1. The first-order chi connectivity index (χ1) is 11.0. The van der Waals surface area contributed by atoms with E-state index in [2.05, 4.69) is 15.2 Å². The molecule has 0 spiro atoms. The van der Waals surface area contributed by atoms with Crippen LogP contribution in [-0.2, 0) is 4.79 Å². The van der Waals surface area contributed by atoms with Gasteiger partial charge in [0, 0.05) is 27.9 Å². The summed E-state index contributed by atoms with van der Waals surface area (Å²) in [6.45, 7) is 3.52. The predicted octanol–water partition coefficient (Wildman–Crippen LogP) is 3.41. The zero-order valence-electron chi connectivity index (χ0n) is 12.5. The Balaban J connectivity index is 2.24. The molecular weight excluding hydrogens is 318 g/mol. The van der Waals surface area contributed by atoms with Crippen LogP contribution in [0, 0.1) is 5.92 Å². The molecule has 2 aromatic rings. The van der Waals surface area contributed by atoms with E-state index >= 15 is 0 Å². The van der Waals surface area contributed by atoms with E-state index in [1.165, 1.54) is 6.39 Å². The molecule has 0 bridgehead atoms. The Morgan fingerprint density at radius 1 is 1.35 bits per heavy atom. The molecule has 0 saturated carbocycles. The van der Waals surface area contributed by atoms with E-state index in [-0.39, 0.29) is 5.89 Å². The highest BCUT2D eigenvalue weighted by atomic mass is 35.5. The van der Waals surface area contributed by atoms with Crippen molar-refractivity contribution >= 4 is 28.9 Å². The van der Waals surface area contributed by atoms with Gasteiger partial charge in [0.15, 0.2) is 0 Å². The maximum absolute atomic E-state index is 11.9. The molecule has 7 heteroatoms. The van der Waals surface area contributed by atoms with E-state index < -0.39 is 17.8 Å². The van der Waals surface area contributed by atoms with Crippen LogP contribution in [0.2, 0.25) is 5.02 Å². The highest BCUT2D eigenvalue weighted by Gasteiger charge is 2.40. The number of aliphatic carboxylic acids is 1. The lowest BCUT2D eigenvalue weighted by atomic mass is 9.75. The normalized spacial score (nSPS) is 21.3. The summed E-state index contributed by atoms with van der Waals surface area (Å²) in [6, 6.07) is 7.13. The van der Waals surface area contributed by atoms with E-state index in [0.29, 0.717) is 22.0 Å². The molecule has 1 aliphatic rings. The third-order valence-electron chi connectivity index (χ3n) is 3.89. The molecule has 1 aliphatic heterocycles. The Morgan fingerprint density at radius 3 is 2.74 bits per heavy atom. The Hall–Kier alpha value is -2.47. The van der Waals surface area contributed by atoms with E-state index in [9.17, 15) is 9.90 Å². The molecule has 0 amide bonds. The minimum Gasteiger partial charge on any atom is -0.481 e. The fourth-order valence-electron chi connectivity index (χ4n) is 2.99. The van der Waals surface area contributed by atoms with Gasteiger partial charge < -0.3 is 9.52 Å². The maximum atomic E-state index is 11.9. The molecule has 0 fully saturated rings. The molecule has 2 unspecified atom stereocenters. The SMILES string of the molecule is CC1=NC(C)=C(c2nnco2)C(c2cccc(Cl)c2)C1C(=O)O. The van der Waals surface area contributed by atoms with Gasteiger partial charge in [0.2, 0.25) is 12.3 Å². The molecule has 3 rings (SSSR count). The molecule has 6 nitrogen and oxygen atoms in total. The predicted molar refractivity (Wildman–Crippen MR) is 85.3 cm³/mol. The van der Waals surface area contributed by atoms with Gasteiger partial charge in [0.05, 0.1) is 0 Å². The number of aromatic nitrogens is 2. The summed E-state index contributed by atoms with van der Waals surface area (Å²) in [6.07, 6.45) is 1.21.